The van der Waals surface area contributed by atoms with Crippen LogP contribution in [0.5, 0.6) is 0 Å². The third kappa shape index (κ3) is 5.05. The van der Waals surface area contributed by atoms with E-state index in [9.17, 15) is 13.2 Å². The summed E-state index contributed by atoms with van der Waals surface area (Å²) < 4.78 is 22.5. The lowest BCUT2D eigenvalue weighted by atomic mass is 10.2. The predicted octanol–water partition coefficient (Wildman–Crippen LogP) is 1.20. The maximum absolute atomic E-state index is 11.7. The number of nitrogens with one attached hydrogen (secondary N) is 1. The van der Waals surface area contributed by atoms with Crippen LogP contribution in [-0.4, -0.2) is 32.9 Å². The highest BCUT2D eigenvalue weighted by atomic mass is 79.9. The van der Waals surface area contributed by atoms with Crippen molar-refractivity contribution < 1.29 is 13.2 Å². The van der Waals surface area contributed by atoms with Gasteiger partial charge in [0.15, 0.2) is 0 Å². The molecule has 18 heavy (non-hydrogen) atoms. The number of hydrogen-bond donors (Lipinski definition) is 2. The van der Waals surface area contributed by atoms with E-state index >= 15 is 0 Å². The first-order valence-corrected chi connectivity index (χ1v) is 8.16. The maximum Gasteiger partial charge on any atom is 0.251 e. The number of benzene rings is 1. The normalized spacial score (nSPS) is 11.2. The standard InChI is InChI=1S/C11H15BrN2O3S/c1-18(16,17)6-2-5-14-11(15)8-3-4-9(12)10(13)7-8/h3-4,7H,2,5-6,13H2,1H3,(H,14,15). The summed E-state index contributed by atoms with van der Waals surface area (Å²) in [6, 6.07) is 4.91. The highest BCUT2D eigenvalue weighted by molar-refractivity contribution is 9.10. The number of hydrogen-bond acceptors (Lipinski definition) is 4. The Morgan fingerprint density at radius 1 is 1.44 bits per heavy atom. The lowest BCUT2D eigenvalue weighted by Gasteiger charge is -2.06. The van der Waals surface area contributed by atoms with Gasteiger partial charge in [0.1, 0.15) is 9.84 Å². The van der Waals surface area contributed by atoms with Crippen molar-refractivity contribution in [3.8, 4) is 0 Å². The van der Waals surface area contributed by atoms with E-state index in [1.807, 2.05) is 0 Å². The summed E-state index contributed by atoms with van der Waals surface area (Å²) in [7, 11) is -2.98. The van der Waals surface area contributed by atoms with Gasteiger partial charge in [-0.1, -0.05) is 0 Å². The van der Waals surface area contributed by atoms with Gasteiger partial charge in [0, 0.05) is 28.5 Å². The molecule has 7 heteroatoms. The first-order valence-electron chi connectivity index (χ1n) is 5.30. The molecule has 3 N–H and O–H groups in total. The Bertz CT molecular complexity index is 543. The van der Waals surface area contributed by atoms with Crippen molar-refractivity contribution in [2.45, 2.75) is 6.42 Å². The SMILES string of the molecule is CS(=O)(=O)CCCNC(=O)c1ccc(Br)c(N)c1. The average Bonchev–Trinajstić information content (AvgIpc) is 2.26. The molecule has 0 aliphatic rings. The molecule has 0 heterocycles. The summed E-state index contributed by atoms with van der Waals surface area (Å²) in [6.45, 7) is 0.321. The molecule has 0 radical (unpaired) electrons. The molecule has 0 aliphatic carbocycles. The van der Waals surface area contributed by atoms with Gasteiger partial charge < -0.3 is 11.1 Å². The second-order valence-electron chi connectivity index (χ2n) is 3.98. The molecular formula is C11H15BrN2O3S. The largest absolute Gasteiger partial charge is 0.398 e. The van der Waals surface area contributed by atoms with Gasteiger partial charge in [-0.15, -0.1) is 0 Å². The summed E-state index contributed by atoms with van der Waals surface area (Å²) in [6.07, 6.45) is 1.57. The van der Waals surface area contributed by atoms with E-state index in [4.69, 9.17) is 5.73 Å². The van der Waals surface area contributed by atoms with Crippen LogP contribution in [-0.2, 0) is 9.84 Å². The van der Waals surface area contributed by atoms with E-state index < -0.39 is 9.84 Å². The Kier molecular flexibility index (Phi) is 5.15. The molecular weight excluding hydrogens is 320 g/mol. The Balaban J connectivity index is 2.48. The molecule has 1 aromatic carbocycles. The first-order chi connectivity index (χ1) is 8.29. The van der Waals surface area contributed by atoms with Crippen molar-refractivity contribution in [1.29, 1.82) is 0 Å². The van der Waals surface area contributed by atoms with Crippen LogP contribution in [0.2, 0.25) is 0 Å². The molecule has 0 unspecified atom stereocenters. The van der Waals surface area contributed by atoms with E-state index in [0.717, 1.165) is 4.47 Å². The molecule has 0 saturated carbocycles. The number of nitrogens with two attached hydrogens (primary N) is 1. The number of anilines is 1. The number of nitrogen functional groups attached to an aromatic ring is 1. The minimum absolute atomic E-state index is 0.0652. The van der Waals surface area contributed by atoms with Gasteiger partial charge in [-0.3, -0.25) is 4.79 Å². The lowest BCUT2D eigenvalue weighted by Crippen LogP contribution is -2.25. The minimum atomic E-state index is -2.98. The van der Waals surface area contributed by atoms with Crippen molar-refractivity contribution in [3.05, 3.63) is 28.2 Å². The smallest absolute Gasteiger partial charge is 0.251 e. The topological polar surface area (TPSA) is 89.3 Å². The van der Waals surface area contributed by atoms with Gasteiger partial charge in [-0.2, -0.15) is 0 Å². The van der Waals surface area contributed by atoms with Crippen molar-refractivity contribution in [3.63, 3.8) is 0 Å². The highest BCUT2D eigenvalue weighted by Gasteiger charge is 2.07. The van der Waals surface area contributed by atoms with Gasteiger partial charge in [0.25, 0.3) is 5.91 Å². The highest BCUT2D eigenvalue weighted by Crippen LogP contribution is 2.19. The van der Waals surface area contributed by atoms with Crippen LogP contribution < -0.4 is 11.1 Å². The number of sulfone groups is 1. The number of carbonyl (C=O) groups is 1. The first kappa shape index (κ1) is 15.0. The van der Waals surface area contributed by atoms with Gasteiger partial charge >= 0.3 is 0 Å². The van der Waals surface area contributed by atoms with Crippen molar-refractivity contribution in [1.82, 2.24) is 5.32 Å². The molecule has 1 aromatic rings. The zero-order chi connectivity index (χ0) is 13.8. The molecule has 0 aliphatic heterocycles. The second kappa shape index (κ2) is 6.19. The van der Waals surface area contributed by atoms with E-state index in [0.29, 0.717) is 24.2 Å². The molecule has 5 nitrogen and oxygen atoms in total. The fourth-order valence-electron chi connectivity index (χ4n) is 1.32. The predicted molar refractivity (Wildman–Crippen MR) is 75.2 cm³/mol. The Morgan fingerprint density at radius 3 is 2.67 bits per heavy atom. The molecule has 0 bridgehead atoms. The molecule has 100 valence electrons. The Morgan fingerprint density at radius 2 is 2.11 bits per heavy atom. The Labute approximate surface area is 115 Å². The summed E-state index contributed by atoms with van der Waals surface area (Å²) in [5.74, 6) is -0.196. The molecule has 1 rings (SSSR count). The van der Waals surface area contributed by atoms with Gasteiger partial charge in [-0.05, 0) is 40.5 Å². The van der Waals surface area contributed by atoms with E-state index in [1.54, 1.807) is 18.2 Å². The maximum atomic E-state index is 11.7. The van der Waals surface area contributed by atoms with E-state index in [2.05, 4.69) is 21.2 Å². The number of halogens is 1. The van der Waals surface area contributed by atoms with Crippen LogP contribution >= 0.6 is 15.9 Å². The third-order valence-electron chi connectivity index (χ3n) is 2.24. The summed E-state index contributed by atoms with van der Waals surface area (Å²) >= 11 is 3.24. The molecule has 0 atom stereocenters. The third-order valence-corrected chi connectivity index (χ3v) is 3.99. The van der Waals surface area contributed by atoms with Crippen LogP contribution in [0.1, 0.15) is 16.8 Å². The van der Waals surface area contributed by atoms with Gasteiger partial charge in [-0.25, -0.2) is 8.42 Å². The number of carbonyl (C=O) groups excluding carboxylic acids is 1. The molecule has 1 amide bonds. The number of amides is 1. The summed E-state index contributed by atoms with van der Waals surface area (Å²) in [5, 5.41) is 2.64. The molecule has 0 spiro atoms. The lowest BCUT2D eigenvalue weighted by molar-refractivity contribution is 0.0953. The Hall–Kier alpha value is -1.08. The summed E-state index contributed by atoms with van der Waals surface area (Å²) in [5.41, 5.74) is 6.60. The van der Waals surface area contributed by atoms with Crippen LogP contribution in [0.4, 0.5) is 5.69 Å². The molecule has 0 saturated heterocycles. The van der Waals surface area contributed by atoms with E-state index in [-0.39, 0.29) is 11.7 Å². The van der Waals surface area contributed by atoms with Crippen molar-refractivity contribution in [2.24, 2.45) is 0 Å². The molecule has 0 fully saturated rings. The second-order valence-corrected chi connectivity index (χ2v) is 7.09. The van der Waals surface area contributed by atoms with Crippen LogP contribution in [0.3, 0.4) is 0 Å². The fraction of sp³-hybridized carbons (Fsp3) is 0.364. The molecule has 0 aromatic heterocycles. The van der Waals surface area contributed by atoms with Crippen molar-refractivity contribution >= 4 is 37.4 Å². The zero-order valence-electron chi connectivity index (χ0n) is 9.94. The average molecular weight is 335 g/mol. The quantitative estimate of drug-likeness (QED) is 0.625. The van der Waals surface area contributed by atoms with Gasteiger partial charge in [0.2, 0.25) is 0 Å². The van der Waals surface area contributed by atoms with Gasteiger partial charge in [0.05, 0.1) is 5.75 Å². The van der Waals surface area contributed by atoms with E-state index in [1.165, 1.54) is 6.26 Å². The number of rotatable bonds is 5. The van der Waals surface area contributed by atoms with Crippen LogP contribution in [0.15, 0.2) is 22.7 Å². The summed E-state index contributed by atoms with van der Waals surface area (Å²) in [4.78, 5) is 11.7. The van der Waals surface area contributed by atoms with Crippen LogP contribution in [0, 0.1) is 0 Å². The fourth-order valence-corrected chi connectivity index (χ4v) is 2.24. The monoisotopic (exact) mass is 334 g/mol. The van der Waals surface area contributed by atoms with Crippen LogP contribution in [0.25, 0.3) is 0 Å². The minimum Gasteiger partial charge on any atom is -0.398 e. The van der Waals surface area contributed by atoms with Crippen molar-refractivity contribution in [2.75, 3.05) is 24.3 Å². The zero-order valence-corrected chi connectivity index (χ0v) is 12.3.